The van der Waals surface area contributed by atoms with Crippen molar-refractivity contribution in [2.24, 2.45) is 5.92 Å². The number of imidazole rings is 1. The van der Waals surface area contributed by atoms with Gasteiger partial charge in [0, 0.05) is 24.7 Å². The van der Waals surface area contributed by atoms with Crippen molar-refractivity contribution >= 4 is 28.7 Å². The minimum absolute atomic E-state index is 0.193. The number of nitrogens with zero attached hydrogens (tertiary/aromatic N) is 3. The van der Waals surface area contributed by atoms with E-state index in [-0.39, 0.29) is 6.09 Å². The maximum atomic E-state index is 12.3. The van der Waals surface area contributed by atoms with Crippen molar-refractivity contribution in [1.82, 2.24) is 14.5 Å². The summed E-state index contributed by atoms with van der Waals surface area (Å²) in [5.74, 6) is 2.33. The van der Waals surface area contributed by atoms with Crippen molar-refractivity contribution in [3.8, 4) is 5.75 Å². The lowest BCUT2D eigenvalue weighted by molar-refractivity contribution is 0.0180. The van der Waals surface area contributed by atoms with Crippen LogP contribution in [0.3, 0.4) is 0 Å². The van der Waals surface area contributed by atoms with E-state index in [0.717, 1.165) is 67.9 Å². The van der Waals surface area contributed by atoms with Crippen molar-refractivity contribution < 1.29 is 14.3 Å². The third-order valence-electron chi connectivity index (χ3n) is 6.18. The smallest absolute Gasteiger partial charge is 0.410 e. The molecule has 34 heavy (non-hydrogen) atoms. The first-order valence-electron chi connectivity index (χ1n) is 12.1. The standard InChI is InChI=1S/C27H34ClN3O3/c1-27(2,3)34-26(32)30-17-14-20(15-18-30)7-6-16-31-24-9-5-4-8-23(24)29-25(31)19-33-22-12-10-21(28)11-13-22/h4-5,8-13,20H,6-7,14-19H2,1-3H3. The van der Waals surface area contributed by atoms with Crippen LogP contribution in [0.1, 0.15) is 52.3 Å². The molecule has 0 N–H and O–H groups in total. The highest BCUT2D eigenvalue weighted by Crippen LogP contribution is 2.25. The number of carbonyl (C=O) groups is 1. The van der Waals surface area contributed by atoms with Gasteiger partial charge in [0.05, 0.1) is 11.0 Å². The van der Waals surface area contributed by atoms with Crippen LogP contribution in [0.25, 0.3) is 11.0 Å². The van der Waals surface area contributed by atoms with Crippen molar-refractivity contribution in [2.75, 3.05) is 13.1 Å². The summed E-state index contributed by atoms with van der Waals surface area (Å²) in [6.07, 6.45) is 4.05. The van der Waals surface area contributed by atoms with Crippen LogP contribution in [0.2, 0.25) is 5.02 Å². The van der Waals surface area contributed by atoms with E-state index in [4.69, 9.17) is 26.1 Å². The highest BCUT2D eigenvalue weighted by molar-refractivity contribution is 6.30. The number of aryl methyl sites for hydroxylation is 1. The summed E-state index contributed by atoms with van der Waals surface area (Å²) in [4.78, 5) is 19.0. The molecule has 4 rings (SSSR count). The third kappa shape index (κ3) is 6.44. The molecule has 2 aromatic carbocycles. The summed E-state index contributed by atoms with van der Waals surface area (Å²) < 4.78 is 13.8. The van der Waals surface area contributed by atoms with Crippen LogP contribution in [0.15, 0.2) is 48.5 Å². The van der Waals surface area contributed by atoms with Gasteiger partial charge in [-0.1, -0.05) is 23.7 Å². The second-order valence-corrected chi connectivity index (χ2v) is 10.4. The molecule has 0 spiro atoms. The number of halogens is 1. The SMILES string of the molecule is CC(C)(C)OC(=O)N1CCC(CCCn2c(COc3ccc(Cl)cc3)nc3ccccc32)CC1. The average Bonchev–Trinajstić information content (AvgIpc) is 3.15. The molecule has 0 radical (unpaired) electrons. The fourth-order valence-corrected chi connectivity index (χ4v) is 4.56. The van der Waals surface area contributed by atoms with E-state index < -0.39 is 5.60 Å². The van der Waals surface area contributed by atoms with Gasteiger partial charge >= 0.3 is 6.09 Å². The Balaban J connectivity index is 1.32. The summed E-state index contributed by atoms with van der Waals surface area (Å²) >= 11 is 5.98. The molecule has 0 bridgehead atoms. The van der Waals surface area contributed by atoms with Crippen LogP contribution in [0.4, 0.5) is 4.79 Å². The zero-order valence-corrected chi connectivity index (χ0v) is 21.1. The number of likely N-dealkylation sites (tertiary alicyclic amines) is 1. The zero-order chi connectivity index (χ0) is 24.1. The Morgan fingerprint density at radius 1 is 1.09 bits per heavy atom. The second kappa shape index (κ2) is 10.7. The minimum atomic E-state index is -0.448. The largest absolute Gasteiger partial charge is 0.486 e. The lowest BCUT2D eigenvalue weighted by Crippen LogP contribution is -2.41. The van der Waals surface area contributed by atoms with Gasteiger partial charge in [-0.15, -0.1) is 0 Å². The fourth-order valence-electron chi connectivity index (χ4n) is 4.43. The zero-order valence-electron chi connectivity index (χ0n) is 20.3. The molecule has 1 aliphatic rings. The monoisotopic (exact) mass is 483 g/mol. The minimum Gasteiger partial charge on any atom is -0.486 e. The molecule has 0 saturated carbocycles. The van der Waals surface area contributed by atoms with Gasteiger partial charge in [0.25, 0.3) is 0 Å². The molecule has 1 aliphatic heterocycles. The van der Waals surface area contributed by atoms with E-state index in [0.29, 0.717) is 17.5 Å². The summed E-state index contributed by atoms with van der Waals surface area (Å²) in [7, 11) is 0. The van der Waals surface area contributed by atoms with Crippen LogP contribution < -0.4 is 4.74 Å². The van der Waals surface area contributed by atoms with Crippen molar-refractivity contribution in [3.05, 3.63) is 59.4 Å². The Morgan fingerprint density at radius 3 is 2.50 bits per heavy atom. The van der Waals surface area contributed by atoms with Gasteiger partial charge < -0.3 is 18.9 Å². The molecule has 1 aromatic heterocycles. The number of carbonyl (C=O) groups excluding carboxylic acids is 1. The van der Waals surface area contributed by atoms with E-state index in [9.17, 15) is 4.79 Å². The first-order chi connectivity index (χ1) is 16.3. The lowest BCUT2D eigenvalue weighted by atomic mass is 9.92. The van der Waals surface area contributed by atoms with Gasteiger partial charge in [0.15, 0.2) is 0 Å². The Kier molecular flexibility index (Phi) is 7.67. The average molecular weight is 484 g/mol. The van der Waals surface area contributed by atoms with Crippen molar-refractivity contribution in [1.29, 1.82) is 0 Å². The van der Waals surface area contributed by atoms with Crippen LogP contribution in [0.5, 0.6) is 5.75 Å². The first kappa shape index (κ1) is 24.4. The number of aromatic nitrogens is 2. The van der Waals surface area contributed by atoms with E-state index in [1.165, 1.54) is 0 Å². The van der Waals surface area contributed by atoms with Gasteiger partial charge in [-0.3, -0.25) is 0 Å². The molecular weight excluding hydrogens is 450 g/mol. The fraction of sp³-hybridized carbons (Fsp3) is 0.481. The molecule has 0 atom stereocenters. The van der Waals surface area contributed by atoms with Gasteiger partial charge in [0.2, 0.25) is 0 Å². The summed E-state index contributed by atoms with van der Waals surface area (Å²) in [5, 5.41) is 0.691. The summed E-state index contributed by atoms with van der Waals surface area (Å²) in [5.41, 5.74) is 1.68. The molecular formula is C27H34ClN3O3. The number of benzene rings is 2. The molecule has 0 aliphatic carbocycles. The number of piperidine rings is 1. The van der Waals surface area contributed by atoms with E-state index in [2.05, 4.69) is 16.7 Å². The molecule has 1 amide bonds. The molecule has 6 nitrogen and oxygen atoms in total. The molecule has 182 valence electrons. The van der Waals surface area contributed by atoms with Crippen LogP contribution in [-0.4, -0.2) is 39.2 Å². The maximum absolute atomic E-state index is 12.3. The van der Waals surface area contributed by atoms with E-state index in [1.807, 2.05) is 62.1 Å². The van der Waals surface area contributed by atoms with Crippen LogP contribution in [-0.2, 0) is 17.9 Å². The molecule has 7 heteroatoms. The molecule has 1 saturated heterocycles. The predicted octanol–water partition coefficient (Wildman–Crippen LogP) is 6.70. The highest BCUT2D eigenvalue weighted by atomic mass is 35.5. The van der Waals surface area contributed by atoms with Gasteiger partial charge in [0.1, 0.15) is 23.8 Å². The normalized spacial score (nSPS) is 15.0. The Morgan fingerprint density at radius 2 is 1.79 bits per heavy atom. The number of amides is 1. The van der Waals surface area contributed by atoms with E-state index in [1.54, 1.807) is 0 Å². The van der Waals surface area contributed by atoms with Gasteiger partial charge in [-0.05, 0) is 88.8 Å². The van der Waals surface area contributed by atoms with Gasteiger partial charge in [-0.2, -0.15) is 0 Å². The lowest BCUT2D eigenvalue weighted by Gasteiger charge is -2.33. The Labute approximate surface area is 206 Å². The Bertz CT molecular complexity index is 1100. The number of ether oxygens (including phenoxy) is 2. The number of hydrogen-bond donors (Lipinski definition) is 0. The first-order valence-corrected chi connectivity index (χ1v) is 12.5. The Hall–Kier alpha value is -2.73. The topological polar surface area (TPSA) is 56.6 Å². The number of rotatable bonds is 7. The molecule has 2 heterocycles. The molecule has 3 aromatic rings. The summed E-state index contributed by atoms with van der Waals surface area (Å²) in [6, 6.07) is 15.6. The quantitative estimate of drug-likeness (QED) is 0.375. The van der Waals surface area contributed by atoms with Crippen LogP contribution >= 0.6 is 11.6 Å². The molecule has 0 unspecified atom stereocenters. The van der Waals surface area contributed by atoms with Crippen molar-refractivity contribution in [3.63, 3.8) is 0 Å². The third-order valence-corrected chi connectivity index (χ3v) is 6.43. The van der Waals surface area contributed by atoms with Crippen molar-refractivity contribution in [2.45, 2.75) is 65.2 Å². The second-order valence-electron chi connectivity index (χ2n) is 9.96. The highest BCUT2D eigenvalue weighted by Gasteiger charge is 2.26. The van der Waals surface area contributed by atoms with E-state index >= 15 is 0 Å². The number of hydrogen-bond acceptors (Lipinski definition) is 4. The summed E-state index contributed by atoms with van der Waals surface area (Å²) in [6.45, 7) is 8.57. The number of fused-ring (bicyclic) bond motifs is 1. The maximum Gasteiger partial charge on any atom is 0.410 e. The number of para-hydroxylation sites is 2. The van der Waals surface area contributed by atoms with Gasteiger partial charge in [-0.25, -0.2) is 9.78 Å². The van der Waals surface area contributed by atoms with Crippen LogP contribution in [0, 0.1) is 5.92 Å². The molecule has 1 fully saturated rings. The predicted molar refractivity (Wildman–Crippen MR) is 135 cm³/mol.